The molecule has 2 heterocycles. The molecule has 0 aliphatic carbocycles. The van der Waals surface area contributed by atoms with Gasteiger partial charge in [0, 0.05) is 11.5 Å². The van der Waals surface area contributed by atoms with Crippen LogP contribution < -0.4 is 4.74 Å². The molecule has 1 aliphatic rings. The summed E-state index contributed by atoms with van der Waals surface area (Å²) in [7, 11) is -3.46. The number of ether oxygens (including phenoxy) is 1. The maximum atomic E-state index is 12.7. The van der Waals surface area contributed by atoms with Crippen LogP contribution in [0.15, 0.2) is 65.6 Å². The molecule has 2 aromatic carbocycles. The summed E-state index contributed by atoms with van der Waals surface area (Å²) in [5.41, 5.74) is 2.02. The fourth-order valence-corrected chi connectivity index (χ4v) is 4.72. The molecule has 0 atom stereocenters. The molecule has 0 amide bonds. The number of aryl methyl sites for hydroxylation is 1. The monoisotopic (exact) mass is 382 g/mol. The topological polar surface area (TPSA) is 59.5 Å². The largest absolute Gasteiger partial charge is 0.472 e. The number of nitrogens with zero attached hydrogens (tertiary/aromatic N) is 2. The van der Waals surface area contributed by atoms with E-state index in [0.717, 1.165) is 29.3 Å². The van der Waals surface area contributed by atoms with E-state index in [1.807, 2.05) is 48.5 Å². The lowest BCUT2D eigenvalue weighted by Gasteiger charge is -2.37. The Morgan fingerprint density at radius 3 is 2.52 bits per heavy atom. The lowest BCUT2D eigenvalue weighted by molar-refractivity contribution is 0.0724. The van der Waals surface area contributed by atoms with E-state index in [-0.39, 0.29) is 6.10 Å². The minimum absolute atomic E-state index is 0.173. The summed E-state index contributed by atoms with van der Waals surface area (Å²) in [6, 6.07) is 18.8. The zero-order chi connectivity index (χ0) is 18.9. The van der Waals surface area contributed by atoms with Gasteiger partial charge in [0.05, 0.1) is 23.5 Å². The molecule has 0 saturated carbocycles. The summed E-state index contributed by atoms with van der Waals surface area (Å²) in [6.07, 6.45) is 1.83. The van der Waals surface area contributed by atoms with Crippen LogP contribution in [0.1, 0.15) is 18.9 Å². The number of para-hydroxylation sites is 1. The average molecular weight is 382 g/mol. The summed E-state index contributed by atoms with van der Waals surface area (Å²) < 4.78 is 32.7. The van der Waals surface area contributed by atoms with Crippen molar-refractivity contribution >= 4 is 20.9 Å². The molecule has 5 nitrogen and oxygen atoms in total. The molecular weight excluding hydrogens is 360 g/mol. The summed E-state index contributed by atoms with van der Waals surface area (Å²) in [6.45, 7) is 2.79. The van der Waals surface area contributed by atoms with Crippen LogP contribution in [0.25, 0.3) is 10.9 Å². The van der Waals surface area contributed by atoms with E-state index >= 15 is 0 Å². The highest BCUT2D eigenvalue weighted by atomic mass is 32.2. The number of hydrogen-bond acceptors (Lipinski definition) is 4. The van der Waals surface area contributed by atoms with E-state index in [4.69, 9.17) is 4.74 Å². The fourth-order valence-electron chi connectivity index (χ4n) is 3.22. The zero-order valence-electron chi connectivity index (χ0n) is 15.2. The molecule has 0 bridgehead atoms. The second-order valence-corrected chi connectivity index (χ2v) is 8.74. The van der Waals surface area contributed by atoms with Gasteiger partial charge in [0.15, 0.2) is 0 Å². The van der Waals surface area contributed by atoms with Gasteiger partial charge in [-0.3, -0.25) is 0 Å². The van der Waals surface area contributed by atoms with Gasteiger partial charge < -0.3 is 4.74 Å². The van der Waals surface area contributed by atoms with Gasteiger partial charge in [-0.1, -0.05) is 43.7 Å². The fraction of sp³-hybridized carbons (Fsp3) is 0.286. The van der Waals surface area contributed by atoms with Gasteiger partial charge in [-0.2, -0.15) is 4.31 Å². The van der Waals surface area contributed by atoms with Crippen molar-refractivity contribution in [3.8, 4) is 5.88 Å². The summed E-state index contributed by atoms with van der Waals surface area (Å²) in [5.74, 6) is 0.527. The predicted octanol–water partition coefficient (Wildman–Crippen LogP) is 3.64. The third-order valence-electron chi connectivity index (χ3n) is 4.77. The Morgan fingerprint density at radius 2 is 1.78 bits per heavy atom. The van der Waals surface area contributed by atoms with E-state index in [1.54, 1.807) is 12.1 Å². The lowest BCUT2D eigenvalue weighted by Crippen LogP contribution is -2.56. The van der Waals surface area contributed by atoms with Gasteiger partial charge in [0.1, 0.15) is 6.10 Å². The maximum Gasteiger partial charge on any atom is 0.243 e. The van der Waals surface area contributed by atoms with E-state index in [1.165, 1.54) is 4.31 Å². The maximum absolute atomic E-state index is 12.7. The number of fused-ring (bicyclic) bond motifs is 1. The first kappa shape index (κ1) is 17.9. The van der Waals surface area contributed by atoms with Crippen LogP contribution in [-0.2, 0) is 16.4 Å². The Balaban J connectivity index is 1.40. The first-order chi connectivity index (χ1) is 13.1. The quantitative estimate of drug-likeness (QED) is 0.653. The highest BCUT2D eigenvalue weighted by Crippen LogP contribution is 2.25. The van der Waals surface area contributed by atoms with Crippen LogP contribution in [0.3, 0.4) is 0 Å². The number of aromatic nitrogens is 1. The number of benzene rings is 2. The van der Waals surface area contributed by atoms with Gasteiger partial charge >= 0.3 is 0 Å². The van der Waals surface area contributed by atoms with Crippen LogP contribution in [0, 0.1) is 0 Å². The minimum atomic E-state index is -3.46. The summed E-state index contributed by atoms with van der Waals surface area (Å²) in [5, 5.41) is 1.05. The van der Waals surface area contributed by atoms with E-state index in [9.17, 15) is 8.42 Å². The van der Waals surface area contributed by atoms with Crippen molar-refractivity contribution < 1.29 is 13.2 Å². The highest BCUT2D eigenvalue weighted by Gasteiger charge is 2.38. The van der Waals surface area contributed by atoms with Crippen molar-refractivity contribution in [1.82, 2.24) is 9.29 Å². The SMILES string of the molecule is CCCc1ccc(S(=O)(=O)N2CC(Oc3ccc4ccccc4n3)C2)cc1. The Kier molecular flexibility index (Phi) is 4.85. The van der Waals surface area contributed by atoms with Crippen molar-refractivity contribution in [2.45, 2.75) is 30.8 Å². The van der Waals surface area contributed by atoms with Gasteiger partial charge in [0.2, 0.25) is 15.9 Å². The highest BCUT2D eigenvalue weighted by molar-refractivity contribution is 7.89. The Hall–Kier alpha value is -2.44. The predicted molar refractivity (Wildman–Crippen MR) is 105 cm³/mol. The van der Waals surface area contributed by atoms with E-state index in [0.29, 0.717) is 23.9 Å². The van der Waals surface area contributed by atoms with Gasteiger partial charge in [-0.05, 0) is 36.2 Å². The zero-order valence-corrected chi connectivity index (χ0v) is 16.0. The number of pyridine rings is 1. The molecular formula is C21H22N2O3S. The van der Waals surface area contributed by atoms with Crippen molar-refractivity contribution in [2.75, 3.05) is 13.1 Å². The molecule has 3 aromatic rings. The van der Waals surface area contributed by atoms with Crippen LogP contribution in [0.5, 0.6) is 5.88 Å². The average Bonchev–Trinajstić information content (AvgIpc) is 2.65. The third-order valence-corrected chi connectivity index (χ3v) is 6.62. The molecule has 6 heteroatoms. The molecule has 0 unspecified atom stereocenters. The van der Waals surface area contributed by atoms with Gasteiger partial charge in [0.25, 0.3) is 0 Å². The number of sulfonamides is 1. The van der Waals surface area contributed by atoms with Crippen LogP contribution in [-0.4, -0.2) is 36.9 Å². The second kappa shape index (κ2) is 7.29. The van der Waals surface area contributed by atoms with Crippen molar-refractivity contribution in [1.29, 1.82) is 0 Å². The van der Waals surface area contributed by atoms with Gasteiger partial charge in [-0.15, -0.1) is 0 Å². The van der Waals surface area contributed by atoms with Crippen LogP contribution in [0.4, 0.5) is 0 Å². The Labute approximate surface area is 159 Å². The molecule has 1 saturated heterocycles. The molecule has 1 aromatic heterocycles. The van der Waals surface area contributed by atoms with Crippen molar-refractivity contribution in [3.05, 3.63) is 66.2 Å². The minimum Gasteiger partial charge on any atom is -0.472 e. The first-order valence-corrected chi connectivity index (χ1v) is 10.6. The van der Waals surface area contributed by atoms with Crippen molar-refractivity contribution in [3.63, 3.8) is 0 Å². The molecule has 1 aliphatic heterocycles. The van der Waals surface area contributed by atoms with Crippen LogP contribution in [0.2, 0.25) is 0 Å². The Morgan fingerprint density at radius 1 is 1.04 bits per heavy atom. The van der Waals surface area contributed by atoms with E-state index < -0.39 is 10.0 Å². The number of rotatable bonds is 6. The third kappa shape index (κ3) is 3.68. The molecule has 0 spiro atoms. The summed E-state index contributed by atoms with van der Waals surface area (Å²) in [4.78, 5) is 4.82. The second-order valence-electron chi connectivity index (χ2n) is 6.80. The molecule has 27 heavy (non-hydrogen) atoms. The van der Waals surface area contributed by atoms with E-state index in [2.05, 4.69) is 11.9 Å². The normalized spacial score (nSPS) is 15.6. The first-order valence-electron chi connectivity index (χ1n) is 9.18. The number of hydrogen-bond donors (Lipinski definition) is 0. The molecule has 0 N–H and O–H groups in total. The molecule has 0 radical (unpaired) electrons. The lowest BCUT2D eigenvalue weighted by atomic mass is 10.1. The van der Waals surface area contributed by atoms with Crippen molar-refractivity contribution in [2.24, 2.45) is 0 Å². The molecule has 140 valence electrons. The standard InChI is InChI=1S/C21H22N2O3S/c1-2-5-16-8-11-19(12-9-16)27(24,25)23-14-18(15-23)26-21-13-10-17-6-3-4-7-20(17)22-21/h3-4,6-13,18H,2,5,14-15H2,1H3. The van der Waals surface area contributed by atoms with Gasteiger partial charge in [-0.25, -0.2) is 13.4 Å². The smallest absolute Gasteiger partial charge is 0.243 e. The Bertz CT molecular complexity index is 1040. The molecule has 1 fully saturated rings. The summed E-state index contributed by atoms with van der Waals surface area (Å²) >= 11 is 0. The van der Waals surface area contributed by atoms with Crippen LogP contribution >= 0.6 is 0 Å². The molecule has 4 rings (SSSR count).